The summed E-state index contributed by atoms with van der Waals surface area (Å²) in [5.41, 5.74) is 0. The van der Waals surface area contributed by atoms with Crippen molar-refractivity contribution in [2.24, 2.45) is 0 Å². The van der Waals surface area contributed by atoms with Crippen molar-refractivity contribution in [2.45, 2.75) is 32.7 Å². The highest BCUT2D eigenvalue weighted by Gasteiger charge is 2.13. The van der Waals surface area contributed by atoms with Gasteiger partial charge in [0.1, 0.15) is 11.6 Å². The van der Waals surface area contributed by atoms with Gasteiger partial charge in [0, 0.05) is 6.42 Å². The average molecular weight is 214 g/mol. The fourth-order valence-electron chi connectivity index (χ4n) is 1.14. The van der Waals surface area contributed by atoms with Gasteiger partial charge in [-0.3, -0.25) is 14.4 Å². The lowest BCUT2D eigenvalue weighted by atomic mass is 10.1. The highest BCUT2D eigenvalue weighted by molar-refractivity contribution is 5.85. The molecule has 0 heterocycles. The number of likely N-dealkylation sites (N-methyl/N-ethyl adjacent to an activating group) is 1. The molecule has 2 N–H and O–H groups in total. The van der Waals surface area contributed by atoms with Crippen LogP contribution < -0.4 is 10.6 Å². The zero-order chi connectivity index (χ0) is 11.8. The predicted octanol–water partition coefficient (Wildman–Crippen LogP) is -0.351. The second-order valence-electron chi connectivity index (χ2n) is 3.47. The molecule has 0 saturated heterocycles. The van der Waals surface area contributed by atoms with Crippen LogP contribution in [0.25, 0.3) is 0 Å². The zero-order valence-corrected chi connectivity index (χ0v) is 9.42. The van der Waals surface area contributed by atoms with Gasteiger partial charge in [0.25, 0.3) is 0 Å². The summed E-state index contributed by atoms with van der Waals surface area (Å²) in [4.78, 5) is 32.8. The molecule has 0 saturated carbocycles. The van der Waals surface area contributed by atoms with Crippen LogP contribution >= 0.6 is 0 Å². The maximum atomic E-state index is 11.2. The molecule has 1 atom stereocenters. The van der Waals surface area contributed by atoms with Gasteiger partial charge in [-0.25, -0.2) is 0 Å². The highest BCUT2D eigenvalue weighted by Crippen LogP contribution is 1.97. The van der Waals surface area contributed by atoms with E-state index in [1.54, 1.807) is 7.05 Å². The van der Waals surface area contributed by atoms with Crippen LogP contribution in [0.1, 0.15) is 26.7 Å². The second kappa shape index (κ2) is 7.11. The Balaban J connectivity index is 3.78. The van der Waals surface area contributed by atoms with Gasteiger partial charge in [-0.15, -0.1) is 0 Å². The highest BCUT2D eigenvalue weighted by atomic mass is 16.2. The van der Waals surface area contributed by atoms with Crippen molar-refractivity contribution in [3.05, 3.63) is 0 Å². The van der Waals surface area contributed by atoms with Crippen molar-refractivity contribution in [3.63, 3.8) is 0 Å². The van der Waals surface area contributed by atoms with Crippen molar-refractivity contribution < 1.29 is 14.4 Å². The van der Waals surface area contributed by atoms with Crippen LogP contribution in [0.5, 0.6) is 0 Å². The average Bonchev–Trinajstić information content (AvgIpc) is 2.15. The molecule has 1 amide bonds. The first-order chi connectivity index (χ1) is 6.97. The molecule has 0 spiro atoms. The van der Waals surface area contributed by atoms with Crippen molar-refractivity contribution in [3.8, 4) is 0 Å². The summed E-state index contributed by atoms with van der Waals surface area (Å²) in [6, 6.07) is -0.284. The smallest absolute Gasteiger partial charge is 0.220 e. The predicted molar refractivity (Wildman–Crippen MR) is 56.5 cm³/mol. The van der Waals surface area contributed by atoms with E-state index in [2.05, 4.69) is 10.6 Å². The third kappa shape index (κ3) is 6.79. The molecular weight excluding hydrogens is 196 g/mol. The molecule has 5 heteroatoms. The Labute approximate surface area is 89.6 Å². The molecule has 0 aromatic heterocycles. The van der Waals surface area contributed by atoms with Crippen LogP contribution in [0.3, 0.4) is 0 Å². The standard InChI is InChI=1S/C10H18N2O3/c1-7(13)6-12-10(15)5-4-9(11-3)8(2)14/h9,11H,4-6H2,1-3H3,(H,12,15). The molecule has 5 nitrogen and oxygen atoms in total. The molecule has 0 aromatic rings. The van der Waals surface area contributed by atoms with Crippen LogP contribution in [0, 0.1) is 0 Å². The molecule has 0 aromatic carbocycles. The zero-order valence-electron chi connectivity index (χ0n) is 9.42. The van der Waals surface area contributed by atoms with Gasteiger partial charge < -0.3 is 10.6 Å². The van der Waals surface area contributed by atoms with Gasteiger partial charge in [0.2, 0.25) is 5.91 Å². The molecule has 0 radical (unpaired) electrons. The fraction of sp³-hybridized carbons (Fsp3) is 0.700. The van der Waals surface area contributed by atoms with Crippen molar-refractivity contribution in [2.75, 3.05) is 13.6 Å². The summed E-state index contributed by atoms with van der Waals surface area (Å²) >= 11 is 0. The quantitative estimate of drug-likeness (QED) is 0.607. The van der Waals surface area contributed by atoms with E-state index in [9.17, 15) is 14.4 Å². The first kappa shape index (κ1) is 13.8. The Kier molecular flexibility index (Phi) is 6.53. The Hall–Kier alpha value is -1.23. The van der Waals surface area contributed by atoms with Crippen molar-refractivity contribution in [1.82, 2.24) is 10.6 Å². The van der Waals surface area contributed by atoms with E-state index >= 15 is 0 Å². The van der Waals surface area contributed by atoms with Gasteiger partial charge in [-0.1, -0.05) is 0 Å². The maximum absolute atomic E-state index is 11.2. The number of hydrogen-bond donors (Lipinski definition) is 2. The van der Waals surface area contributed by atoms with E-state index in [0.717, 1.165) is 0 Å². The molecule has 0 aliphatic rings. The summed E-state index contributed by atoms with van der Waals surface area (Å²) in [5, 5.41) is 5.30. The number of carbonyl (C=O) groups excluding carboxylic acids is 3. The molecule has 0 bridgehead atoms. The largest absolute Gasteiger partial charge is 0.349 e. The Morgan fingerprint density at radius 3 is 2.20 bits per heavy atom. The normalized spacial score (nSPS) is 11.9. The maximum Gasteiger partial charge on any atom is 0.220 e. The van der Waals surface area contributed by atoms with Crippen LogP contribution in [0.2, 0.25) is 0 Å². The molecular formula is C10H18N2O3. The molecule has 0 aliphatic carbocycles. The van der Waals surface area contributed by atoms with E-state index in [0.29, 0.717) is 6.42 Å². The van der Waals surface area contributed by atoms with Crippen LogP contribution in [-0.4, -0.2) is 37.1 Å². The van der Waals surface area contributed by atoms with Gasteiger partial charge in [-0.05, 0) is 27.3 Å². The van der Waals surface area contributed by atoms with Crippen LogP contribution in [0.4, 0.5) is 0 Å². The summed E-state index contributed by atoms with van der Waals surface area (Å²) in [6.45, 7) is 2.95. The lowest BCUT2D eigenvalue weighted by Gasteiger charge is -2.11. The van der Waals surface area contributed by atoms with E-state index in [1.807, 2.05) is 0 Å². The molecule has 86 valence electrons. The lowest BCUT2D eigenvalue weighted by Crippen LogP contribution is -2.35. The number of amides is 1. The number of Topliss-reactive ketones (excluding diaryl/α,β-unsaturated/α-hetero) is 2. The van der Waals surface area contributed by atoms with Gasteiger partial charge >= 0.3 is 0 Å². The first-order valence-electron chi connectivity index (χ1n) is 4.91. The molecule has 0 rings (SSSR count). The number of hydrogen-bond acceptors (Lipinski definition) is 4. The van der Waals surface area contributed by atoms with Crippen LogP contribution in [0.15, 0.2) is 0 Å². The van der Waals surface area contributed by atoms with Crippen molar-refractivity contribution in [1.29, 1.82) is 0 Å². The number of rotatable bonds is 7. The molecule has 15 heavy (non-hydrogen) atoms. The minimum Gasteiger partial charge on any atom is -0.349 e. The Morgan fingerprint density at radius 1 is 1.20 bits per heavy atom. The summed E-state index contributed by atoms with van der Waals surface area (Å²) < 4.78 is 0. The Morgan fingerprint density at radius 2 is 1.80 bits per heavy atom. The summed E-state index contributed by atoms with van der Waals surface area (Å²) in [5.74, 6) is -0.274. The summed E-state index contributed by atoms with van der Waals surface area (Å²) in [7, 11) is 1.68. The minimum absolute atomic E-state index is 0.0110. The Bertz CT molecular complexity index is 251. The fourth-order valence-corrected chi connectivity index (χ4v) is 1.14. The van der Waals surface area contributed by atoms with Gasteiger partial charge in [0.05, 0.1) is 12.6 Å². The van der Waals surface area contributed by atoms with E-state index < -0.39 is 0 Å². The van der Waals surface area contributed by atoms with E-state index in [1.165, 1.54) is 13.8 Å². The van der Waals surface area contributed by atoms with E-state index in [-0.39, 0.29) is 36.5 Å². The lowest BCUT2D eigenvalue weighted by molar-refractivity contribution is -0.125. The summed E-state index contributed by atoms with van der Waals surface area (Å²) in [6.07, 6.45) is 0.702. The molecule has 0 fully saturated rings. The number of nitrogens with one attached hydrogen (secondary N) is 2. The third-order valence-electron chi connectivity index (χ3n) is 2.03. The van der Waals surface area contributed by atoms with Gasteiger partial charge in [-0.2, -0.15) is 0 Å². The SMILES string of the molecule is CNC(CCC(=O)NCC(C)=O)C(C)=O. The number of ketones is 2. The topological polar surface area (TPSA) is 75.3 Å². The first-order valence-corrected chi connectivity index (χ1v) is 4.91. The second-order valence-corrected chi connectivity index (χ2v) is 3.47. The van der Waals surface area contributed by atoms with Gasteiger partial charge in [0.15, 0.2) is 0 Å². The van der Waals surface area contributed by atoms with E-state index in [4.69, 9.17) is 0 Å². The third-order valence-corrected chi connectivity index (χ3v) is 2.03. The minimum atomic E-state index is -0.284. The van der Waals surface area contributed by atoms with Crippen LogP contribution in [-0.2, 0) is 14.4 Å². The molecule has 1 unspecified atom stereocenters. The molecule has 0 aliphatic heterocycles. The van der Waals surface area contributed by atoms with Crippen molar-refractivity contribution >= 4 is 17.5 Å². The number of carbonyl (C=O) groups is 3. The monoisotopic (exact) mass is 214 g/mol.